The lowest BCUT2D eigenvalue weighted by atomic mass is 10.2. The van der Waals surface area contributed by atoms with Gasteiger partial charge in [0.25, 0.3) is 0 Å². The summed E-state index contributed by atoms with van der Waals surface area (Å²) >= 11 is 0. The average molecular weight is 263 g/mol. The number of nitrogens with one attached hydrogen (secondary N) is 1. The molecule has 0 bridgehead atoms. The first kappa shape index (κ1) is 13.2. The van der Waals surface area contributed by atoms with Crippen molar-refractivity contribution >= 4 is 11.8 Å². The van der Waals surface area contributed by atoms with Gasteiger partial charge >= 0.3 is 0 Å². The van der Waals surface area contributed by atoms with E-state index in [1.807, 2.05) is 42.5 Å². The summed E-state index contributed by atoms with van der Waals surface area (Å²) in [6, 6.07) is 11.5. The van der Waals surface area contributed by atoms with E-state index in [0.29, 0.717) is 6.54 Å². The summed E-state index contributed by atoms with van der Waals surface area (Å²) in [6.07, 6.45) is 3.69. The molecule has 0 saturated heterocycles. The van der Waals surface area contributed by atoms with Crippen molar-refractivity contribution in [2.75, 3.05) is 11.9 Å². The van der Waals surface area contributed by atoms with Crippen molar-refractivity contribution in [1.29, 1.82) is 0 Å². The second-order valence-corrected chi connectivity index (χ2v) is 3.95. The molecule has 0 fully saturated rings. The molecule has 0 unspecified atom stereocenters. The van der Waals surface area contributed by atoms with Crippen LogP contribution in [0.3, 0.4) is 0 Å². The van der Waals surface area contributed by atoms with Crippen molar-refractivity contribution in [2.24, 2.45) is 0 Å². The summed E-state index contributed by atoms with van der Waals surface area (Å²) in [7, 11) is 0. The number of halogens is 3. The molecule has 0 aromatic heterocycles. The lowest BCUT2D eigenvalue weighted by molar-refractivity contribution is 0.448. The molecule has 1 N–H and O–H groups in total. The van der Waals surface area contributed by atoms with E-state index < -0.39 is 17.5 Å². The third kappa shape index (κ3) is 3.61. The molecule has 0 aliphatic rings. The zero-order chi connectivity index (χ0) is 13.7. The first-order valence-electron chi connectivity index (χ1n) is 5.77. The quantitative estimate of drug-likeness (QED) is 0.814. The van der Waals surface area contributed by atoms with E-state index in [-0.39, 0.29) is 5.69 Å². The van der Waals surface area contributed by atoms with Gasteiger partial charge in [0.2, 0.25) is 0 Å². The molecule has 0 atom stereocenters. The van der Waals surface area contributed by atoms with Gasteiger partial charge in [0.1, 0.15) is 0 Å². The molecule has 0 aliphatic heterocycles. The van der Waals surface area contributed by atoms with Gasteiger partial charge in [-0.15, -0.1) is 0 Å². The minimum Gasteiger partial charge on any atom is -0.381 e. The van der Waals surface area contributed by atoms with Crippen LogP contribution in [-0.2, 0) is 0 Å². The van der Waals surface area contributed by atoms with Crippen LogP contribution in [0, 0.1) is 17.5 Å². The molecular formula is C15H12F3N. The Morgan fingerprint density at radius 1 is 0.947 bits per heavy atom. The highest BCUT2D eigenvalue weighted by Gasteiger charge is 2.09. The van der Waals surface area contributed by atoms with Crippen LogP contribution in [0.1, 0.15) is 5.56 Å². The zero-order valence-corrected chi connectivity index (χ0v) is 10.0. The normalized spacial score (nSPS) is 10.9. The summed E-state index contributed by atoms with van der Waals surface area (Å²) in [5.74, 6) is -3.85. The topological polar surface area (TPSA) is 12.0 Å². The maximum atomic E-state index is 12.9. The third-order valence-electron chi connectivity index (χ3n) is 2.52. The molecule has 0 radical (unpaired) electrons. The first-order valence-corrected chi connectivity index (χ1v) is 5.77. The molecule has 1 nitrogen and oxygen atoms in total. The highest BCUT2D eigenvalue weighted by Crippen LogP contribution is 2.17. The van der Waals surface area contributed by atoms with E-state index in [1.165, 1.54) is 0 Å². The standard InChI is InChI=1S/C15H12F3N/c16-13-9-12(10-14(17)15(13)18)19-8-4-7-11-5-2-1-3-6-11/h1-7,9-10,19H,8H2. The van der Waals surface area contributed by atoms with Gasteiger partial charge in [-0.3, -0.25) is 0 Å². The van der Waals surface area contributed by atoms with Crippen LogP contribution in [0.4, 0.5) is 18.9 Å². The predicted molar refractivity (Wildman–Crippen MR) is 70.3 cm³/mol. The molecule has 4 heteroatoms. The van der Waals surface area contributed by atoms with Gasteiger partial charge in [-0.05, 0) is 5.56 Å². The Labute approximate surface area is 109 Å². The van der Waals surface area contributed by atoms with Crippen molar-refractivity contribution in [2.45, 2.75) is 0 Å². The van der Waals surface area contributed by atoms with E-state index in [9.17, 15) is 13.2 Å². The van der Waals surface area contributed by atoms with Crippen LogP contribution in [0.2, 0.25) is 0 Å². The molecule has 0 spiro atoms. The van der Waals surface area contributed by atoms with E-state index in [1.54, 1.807) is 0 Å². The van der Waals surface area contributed by atoms with Crippen LogP contribution >= 0.6 is 0 Å². The van der Waals surface area contributed by atoms with Crippen molar-refractivity contribution in [3.8, 4) is 0 Å². The largest absolute Gasteiger partial charge is 0.381 e. The van der Waals surface area contributed by atoms with Crippen molar-refractivity contribution in [1.82, 2.24) is 0 Å². The number of anilines is 1. The Balaban J connectivity index is 1.95. The van der Waals surface area contributed by atoms with Crippen LogP contribution in [0.15, 0.2) is 48.5 Å². The maximum Gasteiger partial charge on any atom is 0.194 e. The molecule has 0 aliphatic carbocycles. The zero-order valence-electron chi connectivity index (χ0n) is 10.0. The second kappa shape index (κ2) is 6.09. The maximum absolute atomic E-state index is 12.9. The molecule has 2 aromatic carbocycles. The molecule has 0 amide bonds. The first-order chi connectivity index (χ1) is 9.16. The highest BCUT2D eigenvalue weighted by molar-refractivity contribution is 5.51. The second-order valence-electron chi connectivity index (χ2n) is 3.95. The van der Waals surface area contributed by atoms with Crippen LogP contribution < -0.4 is 5.32 Å². The fourth-order valence-electron chi connectivity index (χ4n) is 1.59. The van der Waals surface area contributed by atoms with E-state index >= 15 is 0 Å². The van der Waals surface area contributed by atoms with E-state index in [0.717, 1.165) is 17.7 Å². The summed E-state index contributed by atoms with van der Waals surface area (Å²) in [5, 5.41) is 2.79. The van der Waals surface area contributed by atoms with Crippen molar-refractivity contribution in [3.05, 3.63) is 71.6 Å². The smallest absolute Gasteiger partial charge is 0.194 e. The molecule has 2 aromatic rings. The van der Waals surface area contributed by atoms with Gasteiger partial charge in [0.15, 0.2) is 17.5 Å². The molecule has 0 heterocycles. The summed E-state index contributed by atoms with van der Waals surface area (Å²) in [4.78, 5) is 0. The molecule has 19 heavy (non-hydrogen) atoms. The summed E-state index contributed by atoms with van der Waals surface area (Å²) in [5.41, 5.74) is 1.23. The summed E-state index contributed by atoms with van der Waals surface area (Å²) < 4.78 is 38.6. The Hall–Kier alpha value is -2.23. The predicted octanol–water partition coefficient (Wildman–Crippen LogP) is 4.23. The van der Waals surface area contributed by atoms with Gasteiger partial charge in [-0.2, -0.15) is 0 Å². The highest BCUT2D eigenvalue weighted by atomic mass is 19.2. The lowest BCUT2D eigenvalue weighted by Crippen LogP contribution is -2.01. The van der Waals surface area contributed by atoms with E-state index in [2.05, 4.69) is 5.32 Å². The van der Waals surface area contributed by atoms with Gasteiger partial charge in [0.05, 0.1) is 0 Å². The number of hydrogen-bond donors (Lipinski definition) is 1. The fraction of sp³-hybridized carbons (Fsp3) is 0.0667. The van der Waals surface area contributed by atoms with Crippen LogP contribution in [0.5, 0.6) is 0 Å². The lowest BCUT2D eigenvalue weighted by Gasteiger charge is -2.04. The minimum absolute atomic E-state index is 0.203. The SMILES string of the molecule is Fc1cc(NCC=Cc2ccccc2)cc(F)c1F. The fourth-order valence-corrected chi connectivity index (χ4v) is 1.59. The van der Waals surface area contributed by atoms with Gasteiger partial charge in [0, 0.05) is 24.4 Å². The summed E-state index contributed by atoms with van der Waals surface area (Å²) in [6.45, 7) is 0.388. The molecule has 0 saturated carbocycles. The molecule has 98 valence electrons. The molecule has 2 rings (SSSR count). The van der Waals surface area contributed by atoms with Crippen molar-refractivity contribution in [3.63, 3.8) is 0 Å². The monoisotopic (exact) mass is 263 g/mol. The average Bonchev–Trinajstić information content (AvgIpc) is 2.42. The van der Waals surface area contributed by atoms with Gasteiger partial charge in [-0.25, -0.2) is 13.2 Å². The minimum atomic E-state index is -1.45. The van der Waals surface area contributed by atoms with Gasteiger partial charge in [-0.1, -0.05) is 42.5 Å². The number of rotatable bonds is 4. The Morgan fingerprint density at radius 3 is 2.21 bits per heavy atom. The van der Waals surface area contributed by atoms with Crippen LogP contribution in [-0.4, -0.2) is 6.54 Å². The van der Waals surface area contributed by atoms with Gasteiger partial charge < -0.3 is 5.32 Å². The Bertz CT molecular complexity index is 556. The Morgan fingerprint density at radius 2 is 1.58 bits per heavy atom. The van der Waals surface area contributed by atoms with Crippen LogP contribution in [0.25, 0.3) is 6.08 Å². The number of hydrogen-bond acceptors (Lipinski definition) is 1. The molecular weight excluding hydrogens is 251 g/mol. The number of benzene rings is 2. The Kier molecular flexibility index (Phi) is 4.23. The van der Waals surface area contributed by atoms with E-state index in [4.69, 9.17) is 0 Å². The van der Waals surface area contributed by atoms with Crippen molar-refractivity contribution < 1.29 is 13.2 Å². The third-order valence-corrected chi connectivity index (χ3v) is 2.52.